The number of carbonyl (C=O) groups excluding carboxylic acids is 1. The summed E-state index contributed by atoms with van der Waals surface area (Å²) in [5.74, 6) is -0.838. The van der Waals surface area contributed by atoms with Crippen molar-refractivity contribution in [1.29, 1.82) is 0 Å². The van der Waals surface area contributed by atoms with Crippen molar-refractivity contribution < 1.29 is 14.9 Å². The predicted octanol–water partition coefficient (Wildman–Crippen LogP) is 1.99. The smallest absolute Gasteiger partial charge is 0.296 e. The summed E-state index contributed by atoms with van der Waals surface area (Å²) in [4.78, 5) is 12.7. The molecule has 1 N–H and O–H groups in total. The average molecular weight is 146 g/mol. The lowest BCUT2D eigenvalue weighted by molar-refractivity contribution is -0.228. The molecule has 0 saturated carbocycles. The molecule has 3 heteroatoms. The van der Waals surface area contributed by atoms with E-state index >= 15 is 0 Å². The number of unbranched alkanes of at least 4 members (excludes halogenated alkanes) is 1. The van der Waals surface area contributed by atoms with Gasteiger partial charge in [0.2, 0.25) is 0 Å². The van der Waals surface area contributed by atoms with Crippen LogP contribution in [0.5, 0.6) is 0 Å². The topological polar surface area (TPSA) is 46.5 Å². The maximum absolute atomic E-state index is 9.59. The van der Waals surface area contributed by atoms with Crippen molar-refractivity contribution in [2.75, 3.05) is 0 Å². The highest BCUT2D eigenvalue weighted by molar-refractivity contribution is 5.80. The van der Waals surface area contributed by atoms with Crippen LogP contribution in [-0.4, -0.2) is 11.2 Å². The fourth-order valence-electron chi connectivity index (χ4n) is 0.0373. The third-order valence-corrected chi connectivity index (χ3v) is 0.757. The highest BCUT2D eigenvalue weighted by atomic mass is 17.1. The normalized spacial score (nSPS) is 7.10. The first-order valence-electron chi connectivity index (χ1n) is 3.20. The van der Waals surface area contributed by atoms with E-state index < -0.39 is 5.97 Å². The molecule has 10 heavy (non-hydrogen) atoms. The third-order valence-electron chi connectivity index (χ3n) is 0.757. The van der Waals surface area contributed by atoms with Gasteiger partial charge in [0.25, 0.3) is 0 Å². The van der Waals surface area contributed by atoms with Gasteiger partial charge in [0, 0.05) is 6.08 Å². The van der Waals surface area contributed by atoms with Crippen LogP contribution in [0.15, 0.2) is 12.7 Å². The lowest BCUT2D eigenvalue weighted by atomic mass is 10.4. The van der Waals surface area contributed by atoms with Gasteiger partial charge in [0.15, 0.2) is 0 Å². The molecule has 0 saturated heterocycles. The molecule has 0 spiro atoms. The molecule has 0 unspecified atom stereocenters. The molecule has 0 fully saturated rings. The van der Waals surface area contributed by atoms with Gasteiger partial charge in [-0.05, 0) is 0 Å². The first kappa shape index (κ1) is 11.9. The van der Waals surface area contributed by atoms with Crippen molar-refractivity contribution in [3.63, 3.8) is 0 Å². The van der Waals surface area contributed by atoms with Crippen molar-refractivity contribution >= 4 is 5.97 Å². The molecular weight excluding hydrogens is 132 g/mol. The standard InChI is InChI=1S/C4H10.C3H4O3/c1-3-4-2;1-2-3(4)6-5/h3-4H2,1-2H3;2,5H,1H2. The highest BCUT2D eigenvalue weighted by Gasteiger charge is 1.85. The molecule has 0 radical (unpaired) electrons. The molecule has 0 aromatic heterocycles. The van der Waals surface area contributed by atoms with Gasteiger partial charge >= 0.3 is 5.97 Å². The Morgan fingerprint density at radius 2 is 2.00 bits per heavy atom. The Balaban J connectivity index is 0. The molecule has 0 bridgehead atoms. The molecule has 0 aliphatic carbocycles. The molecule has 60 valence electrons. The minimum Gasteiger partial charge on any atom is -0.296 e. The van der Waals surface area contributed by atoms with Crippen LogP contribution in [0.4, 0.5) is 0 Å². The lowest BCUT2D eigenvalue weighted by Crippen LogP contribution is -1.92. The van der Waals surface area contributed by atoms with Gasteiger partial charge in [-0.25, -0.2) is 4.79 Å². The van der Waals surface area contributed by atoms with Gasteiger partial charge < -0.3 is 0 Å². The quantitative estimate of drug-likeness (QED) is 0.368. The second-order valence-corrected chi connectivity index (χ2v) is 1.61. The van der Waals surface area contributed by atoms with Crippen LogP contribution in [0.3, 0.4) is 0 Å². The average Bonchev–Trinajstić information content (AvgIpc) is 2.03. The summed E-state index contributed by atoms with van der Waals surface area (Å²) in [5.41, 5.74) is 0. The van der Waals surface area contributed by atoms with E-state index in [0.29, 0.717) is 0 Å². The maximum atomic E-state index is 9.59. The molecule has 0 atom stereocenters. The van der Waals surface area contributed by atoms with E-state index in [9.17, 15) is 4.79 Å². The van der Waals surface area contributed by atoms with Crippen LogP contribution < -0.4 is 0 Å². The van der Waals surface area contributed by atoms with Crippen LogP contribution in [0.2, 0.25) is 0 Å². The van der Waals surface area contributed by atoms with E-state index in [-0.39, 0.29) is 0 Å². The maximum Gasteiger partial charge on any atom is 0.365 e. The Hall–Kier alpha value is -0.830. The molecule has 0 rings (SSSR count). The first-order chi connectivity index (χ1) is 4.72. The van der Waals surface area contributed by atoms with Crippen molar-refractivity contribution in [2.45, 2.75) is 26.7 Å². The molecule has 0 aromatic carbocycles. The Morgan fingerprint density at radius 3 is 2.00 bits per heavy atom. The second-order valence-electron chi connectivity index (χ2n) is 1.61. The minimum absolute atomic E-state index is 0.838. The van der Waals surface area contributed by atoms with E-state index in [1.165, 1.54) is 12.8 Å². The fourth-order valence-corrected chi connectivity index (χ4v) is 0.0373. The second kappa shape index (κ2) is 11.0. The molecule has 0 aromatic rings. The summed E-state index contributed by atoms with van der Waals surface area (Å²) in [7, 11) is 0. The summed E-state index contributed by atoms with van der Waals surface area (Å²) < 4.78 is 0. The SMILES string of the molecule is C=CC(=O)OO.CCCC. The molecule has 0 amide bonds. The van der Waals surface area contributed by atoms with Gasteiger partial charge in [0.1, 0.15) is 0 Å². The van der Waals surface area contributed by atoms with Crippen molar-refractivity contribution in [2.24, 2.45) is 0 Å². The zero-order valence-electron chi connectivity index (χ0n) is 6.46. The zero-order chi connectivity index (χ0) is 8.41. The van der Waals surface area contributed by atoms with Gasteiger partial charge in [-0.15, -0.1) is 0 Å². The van der Waals surface area contributed by atoms with Crippen LogP contribution in [0.1, 0.15) is 26.7 Å². The third kappa shape index (κ3) is 15.7. The molecule has 0 aliphatic rings. The Kier molecular flexibility index (Phi) is 13.1. The molecule has 0 aliphatic heterocycles. The summed E-state index contributed by atoms with van der Waals surface area (Å²) in [6, 6.07) is 0. The summed E-state index contributed by atoms with van der Waals surface area (Å²) >= 11 is 0. The highest BCUT2D eigenvalue weighted by Crippen LogP contribution is 1.76. The van der Waals surface area contributed by atoms with E-state index in [2.05, 4.69) is 25.3 Å². The fraction of sp³-hybridized carbons (Fsp3) is 0.571. The predicted molar refractivity (Wildman–Crippen MR) is 39.5 cm³/mol. The van der Waals surface area contributed by atoms with Crippen LogP contribution in [0, 0.1) is 0 Å². The van der Waals surface area contributed by atoms with Gasteiger partial charge in [-0.1, -0.05) is 33.3 Å². The molecule has 3 nitrogen and oxygen atoms in total. The van der Waals surface area contributed by atoms with E-state index in [4.69, 9.17) is 5.26 Å². The Bertz CT molecular complexity index is 86.9. The zero-order valence-corrected chi connectivity index (χ0v) is 6.46. The number of hydrogen-bond acceptors (Lipinski definition) is 3. The van der Waals surface area contributed by atoms with Gasteiger partial charge in [-0.2, -0.15) is 5.26 Å². The summed E-state index contributed by atoms with van der Waals surface area (Å²) in [6.07, 6.45) is 3.50. The lowest BCUT2D eigenvalue weighted by Gasteiger charge is -1.78. The van der Waals surface area contributed by atoms with Crippen LogP contribution >= 0.6 is 0 Å². The van der Waals surface area contributed by atoms with Crippen molar-refractivity contribution in [1.82, 2.24) is 0 Å². The molecule has 0 heterocycles. The molecular formula is C7H14O3. The van der Waals surface area contributed by atoms with E-state index in [1.54, 1.807) is 0 Å². The van der Waals surface area contributed by atoms with E-state index in [1.807, 2.05) is 0 Å². The summed E-state index contributed by atoms with van der Waals surface area (Å²) in [5, 5.41) is 7.41. The van der Waals surface area contributed by atoms with E-state index in [0.717, 1.165) is 6.08 Å². The largest absolute Gasteiger partial charge is 0.365 e. The Labute approximate surface area is 61.2 Å². The monoisotopic (exact) mass is 146 g/mol. The van der Waals surface area contributed by atoms with Crippen molar-refractivity contribution in [3.8, 4) is 0 Å². The van der Waals surface area contributed by atoms with Gasteiger partial charge in [-0.3, -0.25) is 4.89 Å². The van der Waals surface area contributed by atoms with Crippen LogP contribution in [-0.2, 0) is 9.68 Å². The summed E-state index contributed by atoms with van der Waals surface area (Å²) in [6.45, 7) is 7.36. The van der Waals surface area contributed by atoms with Crippen LogP contribution in [0.25, 0.3) is 0 Å². The van der Waals surface area contributed by atoms with Crippen molar-refractivity contribution in [3.05, 3.63) is 12.7 Å². The number of rotatable bonds is 2. The Morgan fingerprint density at radius 1 is 1.60 bits per heavy atom. The number of carbonyl (C=O) groups is 1. The first-order valence-corrected chi connectivity index (χ1v) is 3.20. The minimum atomic E-state index is -0.838. The number of hydrogen-bond donors (Lipinski definition) is 1. The van der Waals surface area contributed by atoms with Gasteiger partial charge in [0.05, 0.1) is 0 Å².